The summed E-state index contributed by atoms with van der Waals surface area (Å²) in [7, 11) is -4.05. The zero-order valence-corrected chi connectivity index (χ0v) is 12.8. The molecule has 0 amide bonds. The summed E-state index contributed by atoms with van der Waals surface area (Å²) in [5.41, 5.74) is 0.233. The highest BCUT2D eigenvalue weighted by Gasteiger charge is 2.18. The van der Waals surface area contributed by atoms with E-state index in [0.717, 1.165) is 30.3 Å². The summed E-state index contributed by atoms with van der Waals surface area (Å²) in [6.45, 7) is 3.38. The third-order valence-electron chi connectivity index (χ3n) is 3.01. The van der Waals surface area contributed by atoms with Gasteiger partial charge in [-0.05, 0) is 36.4 Å². The molecule has 2 aromatic rings. The van der Waals surface area contributed by atoms with E-state index in [0.29, 0.717) is 6.54 Å². The molecule has 0 saturated carbocycles. The second kappa shape index (κ2) is 6.85. The molecule has 0 bridgehead atoms. The van der Waals surface area contributed by atoms with Crippen LogP contribution in [0.5, 0.6) is 0 Å². The average molecular weight is 326 g/mol. The SMILES string of the molecule is CCNCc1ccc(S(=O)(=O)Nc2c(F)cccc2F)cc1. The first kappa shape index (κ1) is 16.4. The molecule has 0 radical (unpaired) electrons. The molecule has 22 heavy (non-hydrogen) atoms. The molecule has 4 nitrogen and oxygen atoms in total. The molecule has 2 rings (SSSR count). The smallest absolute Gasteiger partial charge is 0.262 e. The van der Waals surface area contributed by atoms with Crippen LogP contribution < -0.4 is 10.0 Å². The molecule has 0 atom stereocenters. The van der Waals surface area contributed by atoms with E-state index < -0.39 is 27.3 Å². The number of sulfonamides is 1. The second-order valence-electron chi connectivity index (χ2n) is 4.63. The van der Waals surface area contributed by atoms with E-state index in [9.17, 15) is 17.2 Å². The van der Waals surface area contributed by atoms with Crippen LogP contribution >= 0.6 is 0 Å². The Labute approximate surface area is 128 Å². The van der Waals surface area contributed by atoms with Crippen LogP contribution in [0.15, 0.2) is 47.4 Å². The molecular weight excluding hydrogens is 310 g/mol. The maximum absolute atomic E-state index is 13.5. The maximum Gasteiger partial charge on any atom is 0.262 e. The largest absolute Gasteiger partial charge is 0.313 e. The summed E-state index contributed by atoms with van der Waals surface area (Å²) in [4.78, 5) is -0.0598. The molecule has 0 aliphatic rings. The van der Waals surface area contributed by atoms with Crippen LogP contribution in [-0.2, 0) is 16.6 Å². The van der Waals surface area contributed by atoms with Crippen LogP contribution in [-0.4, -0.2) is 15.0 Å². The van der Waals surface area contributed by atoms with Crippen molar-refractivity contribution in [3.63, 3.8) is 0 Å². The number of benzene rings is 2. The maximum atomic E-state index is 13.5. The Morgan fingerprint density at radius 3 is 2.14 bits per heavy atom. The summed E-state index contributed by atoms with van der Waals surface area (Å²) in [5.74, 6) is -1.93. The Balaban J connectivity index is 2.23. The van der Waals surface area contributed by atoms with Crippen LogP contribution in [0.4, 0.5) is 14.5 Å². The van der Waals surface area contributed by atoms with E-state index in [1.165, 1.54) is 12.1 Å². The molecule has 0 spiro atoms. The summed E-state index contributed by atoms with van der Waals surface area (Å²) in [6.07, 6.45) is 0. The van der Waals surface area contributed by atoms with Gasteiger partial charge in [-0.15, -0.1) is 0 Å². The molecule has 0 fully saturated rings. The van der Waals surface area contributed by atoms with Crippen molar-refractivity contribution in [1.82, 2.24) is 5.32 Å². The Hall–Kier alpha value is -1.99. The fraction of sp³-hybridized carbons (Fsp3) is 0.200. The minimum Gasteiger partial charge on any atom is -0.313 e. The van der Waals surface area contributed by atoms with Crippen molar-refractivity contribution in [2.45, 2.75) is 18.4 Å². The number of hydrogen-bond acceptors (Lipinski definition) is 3. The minimum absolute atomic E-state index is 0.0598. The van der Waals surface area contributed by atoms with Crippen molar-refractivity contribution >= 4 is 15.7 Å². The van der Waals surface area contributed by atoms with Gasteiger partial charge in [0.05, 0.1) is 4.90 Å². The first-order valence-electron chi connectivity index (χ1n) is 6.70. The lowest BCUT2D eigenvalue weighted by Gasteiger charge is -2.10. The fourth-order valence-electron chi connectivity index (χ4n) is 1.84. The first-order valence-corrected chi connectivity index (χ1v) is 8.19. The monoisotopic (exact) mass is 326 g/mol. The van der Waals surface area contributed by atoms with Crippen molar-refractivity contribution in [2.24, 2.45) is 0 Å². The van der Waals surface area contributed by atoms with Crippen molar-refractivity contribution < 1.29 is 17.2 Å². The number of nitrogens with one attached hydrogen (secondary N) is 2. The molecule has 2 N–H and O–H groups in total. The molecule has 0 heterocycles. The van der Waals surface area contributed by atoms with Gasteiger partial charge in [-0.3, -0.25) is 4.72 Å². The van der Waals surface area contributed by atoms with E-state index >= 15 is 0 Å². The van der Waals surface area contributed by atoms with Gasteiger partial charge in [-0.1, -0.05) is 25.1 Å². The average Bonchev–Trinajstić information content (AvgIpc) is 2.49. The normalized spacial score (nSPS) is 11.4. The van der Waals surface area contributed by atoms with Gasteiger partial charge in [0.25, 0.3) is 10.0 Å². The summed E-state index contributed by atoms with van der Waals surface area (Å²) in [6, 6.07) is 9.23. The predicted molar refractivity (Wildman–Crippen MR) is 81.0 cm³/mol. The summed E-state index contributed by atoms with van der Waals surface area (Å²) < 4.78 is 53.3. The Kier molecular flexibility index (Phi) is 5.10. The quantitative estimate of drug-likeness (QED) is 0.858. The van der Waals surface area contributed by atoms with Gasteiger partial charge >= 0.3 is 0 Å². The highest BCUT2D eigenvalue weighted by molar-refractivity contribution is 7.92. The molecular formula is C15H16F2N2O2S. The molecule has 0 aliphatic heterocycles. The zero-order chi connectivity index (χ0) is 16.2. The topological polar surface area (TPSA) is 58.2 Å². The first-order chi connectivity index (χ1) is 10.4. The van der Waals surface area contributed by atoms with E-state index in [1.807, 2.05) is 11.6 Å². The molecule has 118 valence electrons. The third-order valence-corrected chi connectivity index (χ3v) is 4.38. The molecule has 0 saturated heterocycles. The van der Waals surface area contributed by atoms with Gasteiger partial charge in [0.15, 0.2) is 0 Å². The van der Waals surface area contributed by atoms with Crippen molar-refractivity contribution in [2.75, 3.05) is 11.3 Å². The summed E-state index contributed by atoms with van der Waals surface area (Å²) in [5, 5.41) is 3.11. The van der Waals surface area contributed by atoms with Crippen LogP contribution in [0.2, 0.25) is 0 Å². The number of halogens is 2. The number of rotatable bonds is 6. The van der Waals surface area contributed by atoms with Crippen molar-refractivity contribution in [3.8, 4) is 0 Å². The highest BCUT2D eigenvalue weighted by atomic mass is 32.2. The van der Waals surface area contributed by atoms with Crippen LogP contribution in [0, 0.1) is 11.6 Å². The minimum atomic E-state index is -4.05. The van der Waals surface area contributed by atoms with E-state index in [4.69, 9.17) is 0 Å². The van der Waals surface area contributed by atoms with Gasteiger partial charge in [0, 0.05) is 6.54 Å². The molecule has 0 aliphatic carbocycles. The zero-order valence-electron chi connectivity index (χ0n) is 11.9. The molecule has 0 aromatic heterocycles. The Morgan fingerprint density at radius 1 is 1.00 bits per heavy atom. The highest BCUT2D eigenvalue weighted by Crippen LogP contribution is 2.22. The fourth-order valence-corrected chi connectivity index (χ4v) is 2.92. The van der Waals surface area contributed by atoms with Gasteiger partial charge in [0.2, 0.25) is 0 Å². The van der Waals surface area contributed by atoms with Gasteiger partial charge < -0.3 is 5.32 Å². The predicted octanol–water partition coefficient (Wildman–Crippen LogP) is 2.88. The number of hydrogen-bond donors (Lipinski definition) is 2. The van der Waals surface area contributed by atoms with Crippen LogP contribution in [0.1, 0.15) is 12.5 Å². The van der Waals surface area contributed by atoms with E-state index in [-0.39, 0.29) is 4.90 Å². The summed E-state index contributed by atoms with van der Waals surface area (Å²) >= 11 is 0. The molecule has 0 unspecified atom stereocenters. The lowest BCUT2D eigenvalue weighted by molar-refractivity contribution is 0.583. The Bertz CT molecular complexity index is 726. The van der Waals surface area contributed by atoms with Gasteiger partial charge in [0.1, 0.15) is 17.3 Å². The standard InChI is InChI=1S/C15H16F2N2O2S/c1-2-18-10-11-6-8-12(9-7-11)22(20,21)19-15-13(16)4-3-5-14(15)17/h3-9,18-19H,2,10H2,1H3. The lowest BCUT2D eigenvalue weighted by Crippen LogP contribution is -2.16. The van der Waals surface area contributed by atoms with Crippen molar-refractivity contribution in [3.05, 3.63) is 59.7 Å². The third kappa shape index (κ3) is 3.80. The van der Waals surface area contributed by atoms with Gasteiger partial charge in [-0.25, -0.2) is 17.2 Å². The van der Waals surface area contributed by atoms with Gasteiger partial charge in [-0.2, -0.15) is 0 Å². The number of anilines is 1. The second-order valence-corrected chi connectivity index (χ2v) is 6.31. The van der Waals surface area contributed by atoms with E-state index in [1.54, 1.807) is 12.1 Å². The Morgan fingerprint density at radius 2 is 1.59 bits per heavy atom. The molecule has 2 aromatic carbocycles. The van der Waals surface area contributed by atoms with Crippen LogP contribution in [0.25, 0.3) is 0 Å². The molecule has 7 heteroatoms. The number of para-hydroxylation sites is 1. The van der Waals surface area contributed by atoms with E-state index in [2.05, 4.69) is 5.32 Å². The van der Waals surface area contributed by atoms with Crippen LogP contribution in [0.3, 0.4) is 0 Å². The lowest BCUT2D eigenvalue weighted by atomic mass is 10.2. The van der Waals surface area contributed by atoms with Crippen molar-refractivity contribution in [1.29, 1.82) is 0 Å².